The van der Waals surface area contributed by atoms with E-state index >= 15 is 0 Å². The van der Waals surface area contributed by atoms with Crippen LogP contribution in [0.2, 0.25) is 0 Å². The van der Waals surface area contributed by atoms with Gasteiger partial charge in [0.2, 0.25) is 0 Å². The lowest BCUT2D eigenvalue weighted by Crippen LogP contribution is -1.96. The molecule has 0 aliphatic rings. The average molecular weight is 893 g/mol. The Bertz CT molecular complexity index is 4330. The zero-order valence-electron chi connectivity index (χ0n) is 37.8. The lowest BCUT2D eigenvalue weighted by atomic mass is 9.95. The maximum absolute atomic E-state index is 6.26. The molecule has 0 bridgehead atoms. The van der Waals surface area contributed by atoms with E-state index in [0.29, 0.717) is 5.82 Å². The molecule has 4 aromatic heterocycles. The lowest BCUT2D eigenvalue weighted by Gasteiger charge is -2.14. The largest absolute Gasteiger partial charge is 0.456 e. The van der Waals surface area contributed by atoms with Crippen LogP contribution in [0.25, 0.3) is 139 Å². The normalized spacial score (nSPS) is 11.7. The van der Waals surface area contributed by atoms with Gasteiger partial charge in [0.25, 0.3) is 0 Å². The summed E-state index contributed by atoms with van der Waals surface area (Å²) in [5.74, 6) is 0.675. The van der Waals surface area contributed by atoms with Gasteiger partial charge in [0, 0.05) is 60.3 Å². The molecule has 0 N–H and O–H groups in total. The van der Waals surface area contributed by atoms with Crippen molar-refractivity contribution in [2.24, 2.45) is 0 Å². The van der Waals surface area contributed by atoms with Gasteiger partial charge < -0.3 is 8.98 Å². The molecule has 0 aliphatic heterocycles. The van der Waals surface area contributed by atoms with Gasteiger partial charge in [-0.05, 0) is 88.3 Å². The maximum atomic E-state index is 6.26. The highest BCUT2D eigenvalue weighted by atomic mass is 16.3. The Morgan fingerprint density at radius 1 is 0.314 bits per heavy atom. The third kappa shape index (κ3) is 6.59. The van der Waals surface area contributed by atoms with Crippen LogP contribution in [-0.4, -0.2) is 19.5 Å². The summed E-state index contributed by atoms with van der Waals surface area (Å²) in [6.07, 6.45) is 0. The number of hydrogen-bond acceptors (Lipinski definition) is 4. The Labute approximate surface area is 403 Å². The van der Waals surface area contributed by atoms with Gasteiger partial charge in [0.15, 0.2) is 5.82 Å². The van der Waals surface area contributed by atoms with Crippen LogP contribution in [0.3, 0.4) is 0 Å². The van der Waals surface area contributed by atoms with Gasteiger partial charge in [-0.3, -0.25) is 0 Å². The molecule has 0 unspecified atom stereocenters. The van der Waals surface area contributed by atoms with Crippen molar-refractivity contribution in [2.45, 2.75) is 0 Å². The molecule has 5 nitrogen and oxygen atoms in total. The summed E-state index contributed by atoms with van der Waals surface area (Å²) in [5, 5.41) is 8.06. The minimum atomic E-state index is 0.675. The Morgan fingerprint density at radius 2 is 0.943 bits per heavy atom. The Balaban J connectivity index is 0.878. The number of nitrogens with zero attached hydrogens (tertiary/aromatic N) is 4. The molecular weight excluding hydrogens is 853 g/mol. The van der Waals surface area contributed by atoms with Crippen LogP contribution in [-0.2, 0) is 0 Å². The van der Waals surface area contributed by atoms with E-state index in [-0.39, 0.29) is 0 Å². The lowest BCUT2D eigenvalue weighted by molar-refractivity contribution is 0.669. The third-order valence-corrected chi connectivity index (χ3v) is 13.8. The molecule has 326 valence electrons. The molecule has 0 fully saturated rings. The van der Waals surface area contributed by atoms with Crippen molar-refractivity contribution in [3.8, 4) is 73.1 Å². The summed E-state index contributed by atoms with van der Waals surface area (Å²) in [6, 6.07) is 85.6. The Morgan fingerprint density at radius 3 is 1.76 bits per heavy atom. The fraction of sp³-hybridized carbons (Fsp3) is 0. The molecule has 14 rings (SSSR count). The number of rotatable bonds is 7. The number of para-hydroxylation sites is 3. The van der Waals surface area contributed by atoms with Gasteiger partial charge in [0.05, 0.1) is 33.6 Å². The molecule has 70 heavy (non-hydrogen) atoms. The van der Waals surface area contributed by atoms with Gasteiger partial charge in [-0.1, -0.05) is 182 Å². The maximum Gasteiger partial charge on any atom is 0.160 e. The standard InChI is InChI=1S/C65H40N4O/c1-4-16-43(17-5-1)64-55-38-54-51-24-10-12-27-59(51)69(48-22-8-3-9-23-48)60(54)39-53(55)50-35-34-45(37-58(50)66-64)41-30-32-42(33-31-41)56-40-57(68-65(67-56)44-18-6-2-7-19-44)47-21-14-20-46(36-47)49-26-15-29-62-63(49)52-25-11-13-28-61(52)70-62/h1-40H. The molecule has 0 spiro atoms. The first-order valence-electron chi connectivity index (χ1n) is 23.7. The molecular formula is C65H40N4O. The van der Waals surface area contributed by atoms with Gasteiger partial charge in [-0.15, -0.1) is 0 Å². The summed E-state index contributed by atoms with van der Waals surface area (Å²) in [5.41, 5.74) is 17.3. The summed E-state index contributed by atoms with van der Waals surface area (Å²) < 4.78 is 8.65. The highest BCUT2D eigenvalue weighted by Gasteiger charge is 2.19. The van der Waals surface area contributed by atoms with Crippen LogP contribution in [0.1, 0.15) is 0 Å². The zero-order chi connectivity index (χ0) is 46.1. The molecule has 10 aromatic carbocycles. The second-order valence-corrected chi connectivity index (χ2v) is 17.9. The Kier molecular flexibility index (Phi) is 9.14. The fourth-order valence-corrected chi connectivity index (χ4v) is 10.5. The smallest absolute Gasteiger partial charge is 0.160 e. The predicted octanol–water partition coefficient (Wildman–Crippen LogP) is 17.2. The van der Waals surface area contributed by atoms with Crippen molar-refractivity contribution in [1.29, 1.82) is 0 Å². The van der Waals surface area contributed by atoms with Crippen LogP contribution in [0.5, 0.6) is 0 Å². The molecule has 0 aliphatic carbocycles. The van der Waals surface area contributed by atoms with Crippen LogP contribution >= 0.6 is 0 Å². The van der Waals surface area contributed by atoms with Crippen molar-refractivity contribution < 1.29 is 4.42 Å². The second-order valence-electron chi connectivity index (χ2n) is 17.9. The van der Waals surface area contributed by atoms with Gasteiger partial charge in [-0.25, -0.2) is 15.0 Å². The SMILES string of the molecule is c1ccc(-c2nc(-c3ccc(-c4ccc5c(c4)nc(-c4ccccc4)c4cc6c7ccccc7n(-c7ccccc7)c6cc45)cc3)cc(-c3cccc(-c4cccc5oc6ccccc6c45)c3)n2)cc1. The molecule has 14 aromatic rings. The van der Waals surface area contributed by atoms with E-state index in [1.54, 1.807) is 0 Å². The number of hydrogen-bond donors (Lipinski definition) is 0. The van der Waals surface area contributed by atoms with Gasteiger partial charge >= 0.3 is 0 Å². The number of furan rings is 1. The quantitative estimate of drug-likeness (QED) is 0.150. The number of fused-ring (bicyclic) bond motifs is 9. The van der Waals surface area contributed by atoms with E-state index in [2.05, 4.69) is 211 Å². The van der Waals surface area contributed by atoms with Crippen LogP contribution in [0.15, 0.2) is 247 Å². The van der Waals surface area contributed by atoms with Crippen molar-refractivity contribution in [2.75, 3.05) is 0 Å². The van der Waals surface area contributed by atoms with Crippen molar-refractivity contribution in [3.05, 3.63) is 243 Å². The number of aromatic nitrogens is 4. The minimum absolute atomic E-state index is 0.675. The van der Waals surface area contributed by atoms with Crippen LogP contribution in [0, 0.1) is 0 Å². The fourth-order valence-electron chi connectivity index (χ4n) is 10.5. The number of benzene rings is 10. The first-order chi connectivity index (χ1) is 34.7. The second kappa shape index (κ2) is 16.1. The zero-order valence-corrected chi connectivity index (χ0v) is 37.8. The highest BCUT2D eigenvalue weighted by Crippen LogP contribution is 2.42. The molecule has 0 saturated carbocycles. The van der Waals surface area contributed by atoms with Crippen molar-refractivity contribution in [1.82, 2.24) is 19.5 Å². The van der Waals surface area contributed by atoms with E-state index in [0.717, 1.165) is 106 Å². The van der Waals surface area contributed by atoms with E-state index in [4.69, 9.17) is 19.4 Å². The molecule has 0 saturated heterocycles. The minimum Gasteiger partial charge on any atom is -0.456 e. The first kappa shape index (κ1) is 39.7. The predicted molar refractivity (Wildman–Crippen MR) is 289 cm³/mol. The first-order valence-corrected chi connectivity index (χ1v) is 23.7. The summed E-state index contributed by atoms with van der Waals surface area (Å²) in [7, 11) is 0. The van der Waals surface area contributed by atoms with Gasteiger partial charge in [-0.2, -0.15) is 0 Å². The van der Waals surface area contributed by atoms with Crippen molar-refractivity contribution in [3.63, 3.8) is 0 Å². The van der Waals surface area contributed by atoms with Gasteiger partial charge in [0.1, 0.15) is 11.2 Å². The molecule has 5 heteroatoms. The van der Waals surface area contributed by atoms with Crippen LogP contribution in [0.4, 0.5) is 0 Å². The molecule has 0 atom stereocenters. The Hall–Kier alpha value is -9.45. The summed E-state index contributed by atoms with van der Waals surface area (Å²) in [6.45, 7) is 0. The van der Waals surface area contributed by atoms with Crippen molar-refractivity contribution >= 4 is 65.4 Å². The molecule has 0 radical (unpaired) electrons. The summed E-state index contributed by atoms with van der Waals surface area (Å²) >= 11 is 0. The average Bonchev–Trinajstić information content (AvgIpc) is 3.98. The van der Waals surface area contributed by atoms with Crippen LogP contribution < -0.4 is 0 Å². The third-order valence-electron chi connectivity index (χ3n) is 13.8. The van der Waals surface area contributed by atoms with E-state index in [1.165, 1.54) is 27.2 Å². The number of pyridine rings is 1. The van der Waals surface area contributed by atoms with E-state index < -0.39 is 0 Å². The monoisotopic (exact) mass is 892 g/mol. The summed E-state index contributed by atoms with van der Waals surface area (Å²) in [4.78, 5) is 15.9. The highest BCUT2D eigenvalue weighted by molar-refractivity contribution is 6.20. The molecule has 4 heterocycles. The molecule has 0 amide bonds. The van der Waals surface area contributed by atoms with E-state index in [1.807, 2.05) is 36.4 Å². The topological polar surface area (TPSA) is 56.7 Å². The van der Waals surface area contributed by atoms with E-state index in [9.17, 15) is 0 Å².